The zero-order valence-electron chi connectivity index (χ0n) is 6.02. The standard InChI is InChI=1S/C6H7N3O2S/c7-8-6(10)5(9-11)4-2-1-3-12-4/h1-3,11H,7H2,(H,8,10). The summed E-state index contributed by atoms with van der Waals surface area (Å²) in [5.74, 6) is 4.26. The van der Waals surface area contributed by atoms with Crippen LogP contribution in [0.1, 0.15) is 4.88 Å². The molecule has 0 bridgehead atoms. The average molecular weight is 185 g/mol. The van der Waals surface area contributed by atoms with Gasteiger partial charge in [0.15, 0.2) is 5.71 Å². The van der Waals surface area contributed by atoms with E-state index >= 15 is 0 Å². The summed E-state index contributed by atoms with van der Waals surface area (Å²) in [5, 5.41) is 13.1. The van der Waals surface area contributed by atoms with Crippen LogP contribution in [0.3, 0.4) is 0 Å². The van der Waals surface area contributed by atoms with Crippen LogP contribution in [0.15, 0.2) is 22.7 Å². The number of nitrogens with one attached hydrogen (secondary N) is 1. The molecule has 0 fully saturated rings. The molecule has 1 aromatic rings. The minimum atomic E-state index is -0.611. The van der Waals surface area contributed by atoms with E-state index in [1.54, 1.807) is 17.5 Å². The van der Waals surface area contributed by atoms with Crippen LogP contribution in [0.2, 0.25) is 0 Å². The molecule has 1 rings (SSSR count). The summed E-state index contributed by atoms with van der Waals surface area (Å²) < 4.78 is 0. The van der Waals surface area contributed by atoms with Crippen LogP contribution in [0.5, 0.6) is 0 Å². The number of nitrogens with zero attached hydrogens (tertiary/aromatic N) is 1. The van der Waals surface area contributed by atoms with Crippen molar-refractivity contribution in [3.63, 3.8) is 0 Å². The minimum Gasteiger partial charge on any atom is -0.410 e. The largest absolute Gasteiger partial charge is 0.410 e. The first-order valence-electron chi connectivity index (χ1n) is 3.06. The molecule has 0 radical (unpaired) electrons. The molecule has 12 heavy (non-hydrogen) atoms. The molecule has 0 atom stereocenters. The molecule has 1 heterocycles. The molecule has 1 aromatic heterocycles. The maximum atomic E-state index is 10.9. The van der Waals surface area contributed by atoms with Gasteiger partial charge >= 0.3 is 0 Å². The monoisotopic (exact) mass is 185 g/mol. The second-order valence-electron chi connectivity index (χ2n) is 1.90. The van der Waals surface area contributed by atoms with Crippen LogP contribution in [-0.4, -0.2) is 16.8 Å². The van der Waals surface area contributed by atoms with Crippen molar-refractivity contribution in [3.05, 3.63) is 22.4 Å². The van der Waals surface area contributed by atoms with E-state index in [2.05, 4.69) is 5.16 Å². The highest BCUT2D eigenvalue weighted by Crippen LogP contribution is 2.09. The van der Waals surface area contributed by atoms with E-state index in [0.29, 0.717) is 4.88 Å². The van der Waals surface area contributed by atoms with Crippen molar-refractivity contribution in [2.24, 2.45) is 11.0 Å². The minimum absolute atomic E-state index is 0.0764. The highest BCUT2D eigenvalue weighted by atomic mass is 32.1. The summed E-state index contributed by atoms with van der Waals surface area (Å²) in [7, 11) is 0. The Hall–Kier alpha value is -1.40. The van der Waals surface area contributed by atoms with Gasteiger partial charge in [-0.3, -0.25) is 10.2 Å². The lowest BCUT2D eigenvalue weighted by Gasteiger charge is -1.97. The Labute approximate surface area is 72.5 Å². The first-order chi connectivity index (χ1) is 5.79. The predicted octanol–water partition coefficient (Wildman–Crippen LogP) is -0.0837. The van der Waals surface area contributed by atoms with Crippen LogP contribution < -0.4 is 11.3 Å². The fraction of sp³-hybridized carbons (Fsp3) is 0. The van der Waals surface area contributed by atoms with Crippen molar-refractivity contribution in [2.45, 2.75) is 0 Å². The molecule has 0 aliphatic heterocycles. The Morgan fingerprint density at radius 2 is 2.50 bits per heavy atom. The Kier molecular flexibility index (Phi) is 2.78. The highest BCUT2D eigenvalue weighted by molar-refractivity contribution is 7.13. The van der Waals surface area contributed by atoms with E-state index in [0.717, 1.165) is 0 Å². The molecule has 1 amide bonds. The number of hydrogen-bond donors (Lipinski definition) is 3. The summed E-state index contributed by atoms with van der Waals surface area (Å²) in [6, 6.07) is 3.41. The van der Waals surface area contributed by atoms with E-state index < -0.39 is 5.91 Å². The number of thiophene rings is 1. The predicted molar refractivity (Wildman–Crippen MR) is 45.0 cm³/mol. The zero-order valence-corrected chi connectivity index (χ0v) is 6.84. The normalized spacial score (nSPS) is 11.2. The van der Waals surface area contributed by atoms with Gasteiger partial charge in [-0.25, -0.2) is 5.84 Å². The van der Waals surface area contributed by atoms with Gasteiger partial charge in [0, 0.05) is 0 Å². The number of nitrogens with two attached hydrogens (primary N) is 1. The Bertz CT molecular complexity index is 294. The fourth-order valence-electron chi connectivity index (χ4n) is 0.688. The van der Waals surface area contributed by atoms with Crippen molar-refractivity contribution in [3.8, 4) is 0 Å². The maximum absolute atomic E-state index is 10.9. The van der Waals surface area contributed by atoms with Crippen molar-refractivity contribution in [1.29, 1.82) is 0 Å². The van der Waals surface area contributed by atoms with Gasteiger partial charge in [-0.2, -0.15) is 0 Å². The molecular formula is C6H7N3O2S. The number of amides is 1. The van der Waals surface area contributed by atoms with Gasteiger partial charge in [0.05, 0.1) is 4.88 Å². The summed E-state index contributed by atoms with van der Waals surface area (Å²) >= 11 is 1.29. The fourth-order valence-corrected chi connectivity index (χ4v) is 1.39. The third-order valence-corrected chi connectivity index (χ3v) is 2.08. The molecule has 6 heteroatoms. The van der Waals surface area contributed by atoms with E-state index in [4.69, 9.17) is 11.0 Å². The van der Waals surface area contributed by atoms with E-state index in [9.17, 15) is 4.79 Å². The summed E-state index contributed by atoms with van der Waals surface area (Å²) in [5.41, 5.74) is 1.80. The smallest absolute Gasteiger partial charge is 0.288 e. The van der Waals surface area contributed by atoms with E-state index in [1.807, 2.05) is 5.43 Å². The van der Waals surface area contributed by atoms with Crippen LogP contribution >= 0.6 is 11.3 Å². The summed E-state index contributed by atoms with van der Waals surface area (Å²) in [6.45, 7) is 0. The Balaban J connectivity index is 2.93. The van der Waals surface area contributed by atoms with Crippen LogP contribution in [0, 0.1) is 0 Å². The van der Waals surface area contributed by atoms with E-state index in [-0.39, 0.29) is 5.71 Å². The third kappa shape index (κ3) is 1.60. The number of hydrazine groups is 1. The van der Waals surface area contributed by atoms with Crippen molar-refractivity contribution in [2.75, 3.05) is 0 Å². The second-order valence-corrected chi connectivity index (χ2v) is 2.85. The van der Waals surface area contributed by atoms with Crippen molar-refractivity contribution in [1.82, 2.24) is 5.43 Å². The van der Waals surface area contributed by atoms with Crippen LogP contribution in [0.25, 0.3) is 0 Å². The molecule has 0 aromatic carbocycles. The number of rotatable bonds is 2. The van der Waals surface area contributed by atoms with Gasteiger partial charge in [0.1, 0.15) is 0 Å². The van der Waals surface area contributed by atoms with Gasteiger partial charge in [0.2, 0.25) is 0 Å². The first kappa shape index (κ1) is 8.69. The van der Waals surface area contributed by atoms with Crippen molar-refractivity contribution >= 4 is 23.0 Å². The van der Waals surface area contributed by atoms with Gasteiger partial charge in [-0.1, -0.05) is 11.2 Å². The molecule has 5 nitrogen and oxygen atoms in total. The SMILES string of the molecule is NNC(=O)C(=NO)c1cccs1. The molecule has 0 spiro atoms. The molecule has 0 aliphatic carbocycles. The third-order valence-electron chi connectivity index (χ3n) is 1.20. The van der Waals surface area contributed by atoms with Gasteiger partial charge in [-0.05, 0) is 11.4 Å². The van der Waals surface area contributed by atoms with Gasteiger partial charge in [0.25, 0.3) is 5.91 Å². The van der Waals surface area contributed by atoms with Crippen molar-refractivity contribution < 1.29 is 10.0 Å². The molecule has 4 N–H and O–H groups in total. The number of carbonyl (C=O) groups is 1. The molecule has 0 aliphatic rings. The molecule has 0 saturated carbocycles. The molecule has 0 saturated heterocycles. The lowest BCUT2D eigenvalue weighted by molar-refractivity contribution is -0.114. The topological polar surface area (TPSA) is 87.7 Å². The van der Waals surface area contributed by atoms with Gasteiger partial charge < -0.3 is 5.21 Å². The zero-order chi connectivity index (χ0) is 8.97. The first-order valence-corrected chi connectivity index (χ1v) is 3.94. The Morgan fingerprint density at radius 3 is 2.92 bits per heavy atom. The van der Waals surface area contributed by atoms with Crippen LogP contribution in [-0.2, 0) is 4.79 Å². The quantitative estimate of drug-likeness (QED) is 0.198. The Morgan fingerprint density at radius 1 is 1.75 bits per heavy atom. The summed E-state index contributed by atoms with van der Waals surface area (Å²) in [4.78, 5) is 11.5. The maximum Gasteiger partial charge on any atom is 0.288 e. The van der Waals surface area contributed by atoms with E-state index in [1.165, 1.54) is 11.3 Å². The average Bonchev–Trinajstić information content (AvgIpc) is 2.58. The lowest BCUT2D eigenvalue weighted by atomic mass is 10.3. The number of hydrogen-bond acceptors (Lipinski definition) is 5. The number of carbonyl (C=O) groups excluding carboxylic acids is 1. The lowest BCUT2D eigenvalue weighted by Crippen LogP contribution is -2.36. The van der Waals surface area contributed by atoms with Crippen LogP contribution in [0.4, 0.5) is 0 Å². The molecular weight excluding hydrogens is 178 g/mol. The molecule has 64 valence electrons. The number of oxime groups is 1. The molecule has 0 unspecified atom stereocenters. The highest BCUT2D eigenvalue weighted by Gasteiger charge is 2.13. The summed E-state index contributed by atoms with van der Waals surface area (Å²) in [6.07, 6.45) is 0. The second kappa shape index (κ2) is 3.84. The van der Waals surface area contributed by atoms with Gasteiger partial charge in [-0.15, -0.1) is 11.3 Å².